The van der Waals surface area contributed by atoms with Crippen LogP contribution >= 0.6 is 11.3 Å². The van der Waals surface area contributed by atoms with Crippen molar-refractivity contribution in [2.45, 2.75) is 20.3 Å². The Morgan fingerprint density at radius 1 is 1.22 bits per heavy atom. The number of aryl methyl sites for hydroxylation is 1. The quantitative estimate of drug-likeness (QED) is 0.654. The number of fused-ring (bicyclic) bond motifs is 1. The van der Waals surface area contributed by atoms with Gasteiger partial charge in [-0.15, -0.1) is 11.3 Å². The van der Waals surface area contributed by atoms with Crippen LogP contribution in [0.25, 0.3) is 10.9 Å². The molecule has 0 spiro atoms. The number of benzene rings is 1. The number of aromatic nitrogens is 2. The molecule has 1 amide bonds. The summed E-state index contributed by atoms with van der Waals surface area (Å²) in [7, 11) is 1.60. The summed E-state index contributed by atoms with van der Waals surface area (Å²) in [5.41, 5.74) is 2.40. The lowest BCUT2D eigenvalue weighted by atomic mass is 10.1. The fraction of sp³-hybridized carbons (Fsp3) is 0.263. The first-order valence-electron chi connectivity index (χ1n) is 8.37. The van der Waals surface area contributed by atoms with E-state index in [-0.39, 0.29) is 18.3 Å². The van der Waals surface area contributed by atoms with Gasteiger partial charge >= 0.3 is 5.97 Å². The van der Waals surface area contributed by atoms with E-state index in [9.17, 15) is 9.59 Å². The van der Waals surface area contributed by atoms with E-state index in [1.807, 2.05) is 18.2 Å². The fourth-order valence-electron chi connectivity index (χ4n) is 2.57. The molecule has 1 aromatic carbocycles. The molecule has 0 bridgehead atoms. The minimum absolute atomic E-state index is 0.0819. The van der Waals surface area contributed by atoms with Crippen LogP contribution in [0.3, 0.4) is 0 Å². The zero-order chi connectivity index (χ0) is 19.4. The number of carbonyl (C=O) groups is 2. The normalized spacial score (nSPS) is 10.6. The van der Waals surface area contributed by atoms with Crippen LogP contribution in [0.15, 0.2) is 29.6 Å². The summed E-state index contributed by atoms with van der Waals surface area (Å²) in [6.45, 7) is 3.86. The van der Waals surface area contributed by atoms with Crippen molar-refractivity contribution in [3.8, 4) is 5.75 Å². The minimum atomic E-state index is -0.342. The number of hydrogen-bond acceptors (Lipinski definition) is 7. The summed E-state index contributed by atoms with van der Waals surface area (Å²) in [6.07, 6.45) is 0.0819. The van der Waals surface area contributed by atoms with Crippen molar-refractivity contribution >= 4 is 39.2 Å². The van der Waals surface area contributed by atoms with Gasteiger partial charge in [0, 0.05) is 16.8 Å². The average molecular weight is 385 g/mol. The van der Waals surface area contributed by atoms with E-state index in [2.05, 4.69) is 15.3 Å². The maximum Gasteiger partial charge on any atom is 0.311 e. The Morgan fingerprint density at radius 3 is 2.78 bits per heavy atom. The molecule has 3 aromatic rings. The Balaban J connectivity index is 1.77. The van der Waals surface area contributed by atoms with Crippen LogP contribution in [0.5, 0.6) is 5.75 Å². The smallest absolute Gasteiger partial charge is 0.311 e. The summed E-state index contributed by atoms with van der Waals surface area (Å²) < 4.78 is 10.1. The number of nitrogens with zero attached hydrogens (tertiary/aromatic N) is 2. The predicted octanol–water partition coefficient (Wildman–Crippen LogP) is 3.37. The molecule has 8 heteroatoms. The van der Waals surface area contributed by atoms with Crippen LogP contribution < -0.4 is 10.1 Å². The van der Waals surface area contributed by atoms with Crippen molar-refractivity contribution in [3.05, 3.63) is 46.6 Å². The molecular weight excluding hydrogens is 366 g/mol. The molecule has 1 N–H and O–H groups in total. The Bertz CT molecular complexity index is 1000. The summed E-state index contributed by atoms with van der Waals surface area (Å²) in [5.74, 6) is 0.0731. The molecule has 0 aliphatic heterocycles. The van der Waals surface area contributed by atoms with Crippen LogP contribution in [0.4, 0.5) is 5.13 Å². The molecule has 2 aromatic heterocycles. The number of hydrogen-bond donors (Lipinski definition) is 1. The van der Waals surface area contributed by atoms with Crippen LogP contribution in [0.2, 0.25) is 0 Å². The Kier molecular flexibility index (Phi) is 5.66. The molecule has 7 nitrogen and oxygen atoms in total. The molecule has 0 fully saturated rings. The Morgan fingerprint density at radius 2 is 2.04 bits per heavy atom. The van der Waals surface area contributed by atoms with E-state index < -0.39 is 0 Å². The Labute approximate surface area is 160 Å². The van der Waals surface area contributed by atoms with E-state index in [1.54, 1.807) is 32.4 Å². The largest absolute Gasteiger partial charge is 0.497 e. The second kappa shape index (κ2) is 8.13. The molecule has 0 atom stereocenters. The van der Waals surface area contributed by atoms with Gasteiger partial charge in [-0.3, -0.25) is 19.9 Å². The number of methoxy groups -OCH3 is 1. The van der Waals surface area contributed by atoms with Crippen LogP contribution in [0.1, 0.15) is 28.7 Å². The van der Waals surface area contributed by atoms with E-state index in [0.717, 1.165) is 10.9 Å². The summed E-state index contributed by atoms with van der Waals surface area (Å²) in [6, 6.07) is 7.30. The first-order chi connectivity index (χ1) is 13.0. The highest BCUT2D eigenvalue weighted by Crippen LogP contribution is 2.23. The summed E-state index contributed by atoms with van der Waals surface area (Å²) >= 11 is 1.26. The number of nitrogens with one attached hydrogen (secondary N) is 1. The SMILES string of the molecule is CCOC(=O)Cc1csc(NC(=O)c2cc3ccc(OC)cc3nc2C)n1. The molecule has 0 saturated heterocycles. The lowest BCUT2D eigenvalue weighted by Gasteiger charge is -2.08. The number of thiazole rings is 1. The number of pyridine rings is 1. The highest BCUT2D eigenvalue weighted by molar-refractivity contribution is 7.14. The van der Waals surface area contributed by atoms with Crippen molar-refractivity contribution in [3.63, 3.8) is 0 Å². The van der Waals surface area contributed by atoms with Crippen molar-refractivity contribution in [2.24, 2.45) is 0 Å². The lowest BCUT2D eigenvalue weighted by Crippen LogP contribution is -2.14. The van der Waals surface area contributed by atoms with Crippen molar-refractivity contribution in [1.29, 1.82) is 0 Å². The molecule has 0 aliphatic carbocycles. The first kappa shape index (κ1) is 18.8. The van der Waals surface area contributed by atoms with Gasteiger partial charge in [-0.05, 0) is 32.0 Å². The molecule has 140 valence electrons. The van der Waals surface area contributed by atoms with Gasteiger partial charge in [0.25, 0.3) is 5.91 Å². The van der Waals surface area contributed by atoms with Crippen molar-refractivity contribution in [1.82, 2.24) is 9.97 Å². The second-order valence-corrected chi connectivity index (χ2v) is 6.62. The molecule has 0 unspecified atom stereocenters. The van der Waals surface area contributed by atoms with Gasteiger partial charge in [-0.1, -0.05) is 0 Å². The lowest BCUT2D eigenvalue weighted by molar-refractivity contribution is -0.142. The highest BCUT2D eigenvalue weighted by atomic mass is 32.1. The maximum absolute atomic E-state index is 12.6. The summed E-state index contributed by atoms with van der Waals surface area (Å²) in [5, 5.41) is 5.76. The maximum atomic E-state index is 12.6. The molecule has 0 radical (unpaired) electrons. The molecule has 0 saturated carbocycles. The monoisotopic (exact) mass is 385 g/mol. The van der Waals surface area contributed by atoms with E-state index in [1.165, 1.54) is 11.3 Å². The van der Waals surface area contributed by atoms with E-state index in [4.69, 9.17) is 9.47 Å². The zero-order valence-corrected chi connectivity index (χ0v) is 16.1. The van der Waals surface area contributed by atoms with Crippen molar-refractivity contribution in [2.75, 3.05) is 19.0 Å². The van der Waals surface area contributed by atoms with Gasteiger partial charge < -0.3 is 9.47 Å². The number of rotatable bonds is 6. The zero-order valence-electron chi connectivity index (χ0n) is 15.2. The van der Waals surface area contributed by atoms with Gasteiger partial charge in [-0.25, -0.2) is 4.98 Å². The number of carbonyl (C=O) groups excluding carboxylic acids is 2. The number of amides is 1. The topological polar surface area (TPSA) is 90.4 Å². The Hall–Kier alpha value is -3.00. The number of ether oxygens (including phenoxy) is 2. The van der Waals surface area contributed by atoms with E-state index in [0.29, 0.717) is 34.4 Å². The average Bonchev–Trinajstić information content (AvgIpc) is 3.07. The van der Waals surface area contributed by atoms with Crippen molar-refractivity contribution < 1.29 is 19.1 Å². The number of anilines is 1. The fourth-order valence-corrected chi connectivity index (χ4v) is 3.28. The first-order valence-corrected chi connectivity index (χ1v) is 9.25. The van der Waals surface area contributed by atoms with Gasteiger partial charge in [0.2, 0.25) is 0 Å². The van der Waals surface area contributed by atoms with Gasteiger partial charge in [0.1, 0.15) is 5.75 Å². The number of esters is 1. The highest BCUT2D eigenvalue weighted by Gasteiger charge is 2.15. The van der Waals surface area contributed by atoms with Gasteiger partial charge in [0.15, 0.2) is 5.13 Å². The molecule has 27 heavy (non-hydrogen) atoms. The standard InChI is InChI=1S/C19H19N3O4S/c1-4-26-17(23)8-13-10-27-19(21-13)22-18(24)15-7-12-5-6-14(25-3)9-16(12)20-11(15)2/h5-7,9-10H,4,8H2,1-3H3,(H,21,22,24). The predicted molar refractivity (Wildman–Crippen MR) is 103 cm³/mol. The molecular formula is C19H19N3O4S. The molecule has 3 rings (SSSR count). The second-order valence-electron chi connectivity index (χ2n) is 5.76. The third kappa shape index (κ3) is 4.40. The third-order valence-corrected chi connectivity index (χ3v) is 4.67. The molecule has 0 aliphatic rings. The minimum Gasteiger partial charge on any atom is -0.497 e. The molecule has 2 heterocycles. The van der Waals surface area contributed by atoms with Crippen LogP contribution in [-0.4, -0.2) is 35.6 Å². The van der Waals surface area contributed by atoms with Crippen LogP contribution in [0, 0.1) is 6.92 Å². The third-order valence-electron chi connectivity index (χ3n) is 3.86. The van der Waals surface area contributed by atoms with Gasteiger partial charge in [-0.2, -0.15) is 0 Å². The van der Waals surface area contributed by atoms with Gasteiger partial charge in [0.05, 0.1) is 42.6 Å². The summed E-state index contributed by atoms with van der Waals surface area (Å²) in [4.78, 5) is 32.9. The van der Waals surface area contributed by atoms with Crippen LogP contribution in [-0.2, 0) is 16.0 Å². The van der Waals surface area contributed by atoms with E-state index >= 15 is 0 Å².